The Morgan fingerprint density at radius 1 is 1.22 bits per heavy atom. The van der Waals surface area contributed by atoms with E-state index in [2.05, 4.69) is 5.32 Å². The second-order valence-corrected chi connectivity index (χ2v) is 7.78. The second-order valence-electron chi connectivity index (χ2n) is 7.78. The molecule has 1 aliphatic heterocycles. The predicted molar refractivity (Wildman–Crippen MR) is 111 cm³/mol. The molecule has 2 amide bonds. The summed E-state index contributed by atoms with van der Waals surface area (Å²) in [6.45, 7) is 1.08. The minimum Gasteiger partial charge on any atom is -0.445 e. The number of nitrogens with two attached hydrogens (primary N) is 2. The predicted octanol–water partition coefficient (Wildman–Crippen LogP) is 0.470. The van der Waals surface area contributed by atoms with Gasteiger partial charge in [0.15, 0.2) is 0 Å². The number of hydrogen-bond donors (Lipinski definition) is 4. The van der Waals surface area contributed by atoms with Crippen molar-refractivity contribution in [1.29, 1.82) is 0 Å². The molecule has 2 aliphatic rings. The van der Waals surface area contributed by atoms with Gasteiger partial charge < -0.3 is 31.2 Å². The van der Waals surface area contributed by atoms with Crippen molar-refractivity contribution in [3.8, 4) is 0 Å². The molecule has 10 heteroatoms. The monoisotopic (exact) mass is 438 g/mol. The lowest BCUT2D eigenvalue weighted by atomic mass is 9.89. The number of carbonyl (C=O) groups excluding carboxylic acids is 4. The number of hydrogen-bond acceptors (Lipinski definition) is 7. The van der Waals surface area contributed by atoms with Crippen molar-refractivity contribution in [2.75, 3.05) is 0 Å². The van der Waals surface area contributed by atoms with E-state index in [4.69, 9.17) is 16.2 Å². The van der Waals surface area contributed by atoms with Crippen LogP contribution in [-0.4, -0.2) is 39.3 Å². The van der Waals surface area contributed by atoms with E-state index in [-0.39, 0.29) is 52.7 Å². The van der Waals surface area contributed by atoms with Gasteiger partial charge in [0.05, 0.1) is 29.4 Å². The van der Waals surface area contributed by atoms with Crippen molar-refractivity contribution >= 4 is 23.6 Å². The fourth-order valence-electron chi connectivity index (χ4n) is 4.24. The van der Waals surface area contributed by atoms with Crippen molar-refractivity contribution in [2.45, 2.75) is 38.6 Å². The Hall–Kier alpha value is -3.92. The Morgan fingerprint density at radius 2 is 1.91 bits per heavy atom. The number of Topliss-reactive ketones (excluding diaryl/α,β-unsaturated/α-hetero) is 2. The smallest absolute Gasteiger partial charge is 0.404 e. The van der Waals surface area contributed by atoms with Crippen LogP contribution in [0.15, 0.2) is 41.6 Å². The maximum atomic E-state index is 12.9. The Labute approximate surface area is 182 Å². The van der Waals surface area contributed by atoms with Crippen molar-refractivity contribution in [3.05, 3.63) is 69.7 Å². The van der Waals surface area contributed by atoms with Gasteiger partial charge in [0, 0.05) is 17.7 Å². The van der Waals surface area contributed by atoms with Gasteiger partial charge in [-0.05, 0) is 12.5 Å². The number of primary amides is 1. The van der Waals surface area contributed by atoms with Crippen LogP contribution in [0.4, 0.5) is 4.79 Å². The molecule has 1 aromatic carbocycles. The van der Waals surface area contributed by atoms with Crippen molar-refractivity contribution < 1.29 is 29.0 Å². The maximum Gasteiger partial charge on any atom is 0.404 e. The Bertz CT molecular complexity index is 1180. The van der Waals surface area contributed by atoms with Gasteiger partial charge in [-0.25, -0.2) is 4.79 Å². The highest BCUT2D eigenvalue weighted by molar-refractivity contribution is 6.26. The van der Waals surface area contributed by atoms with Crippen molar-refractivity contribution in [2.24, 2.45) is 11.5 Å². The quantitative estimate of drug-likeness (QED) is 0.526. The number of nitrogens with zero attached hydrogens (tertiary/aromatic N) is 1. The van der Waals surface area contributed by atoms with Gasteiger partial charge >= 0.3 is 6.09 Å². The molecule has 0 spiro atoms. The highest BCUT2D eigenvalue weighted by Gasteiger charge is 2.44. The fraction of sp³-hybridized carbons (Fsp3) is 0.273. The van der Waals surface area contributed by atoms with Gasteiger partial charge in [-0.3, -0.25) is 14.4 Å². The molecule has 2 atom stereocenters. The SMILES string of the molecule is CC1=C(N)C(=O)c2c(COC(N)=O)c3n(c2C1=O)CC(NC(=O)Cc1ccccc1)C3O. The summed E-state index contributed by atoms with van der Waals surface area (Å²) in [4.78, 5) is 49.5. The zero-order valence-electron chi connectivity index (χ0n) is 17.3. The molecular formula is C22H22N4O6. The lowest BCUT2D eigenvalue weighted by molar-refractivity contribution is -0.121. The fourth-order valence-corrected chi connectivity index (χ4v) is 4.24. The third kappa shape index (κ3) is 3.44. The number of benzene rings is 1. The number of nitrogens with one attached hydrogen (secondary N) is 1. The van der Waals surface area contributed by atoms with E-state index >= 15 is 0 Å². The molecule has 2 aromatic rings. The molecule has 4 rings (SSSR count). The number of aliphatic hydroxyl groups excluding tert-OH is 1. The molecule has 1 aliphatic carbocycles. The largest absolute Gasteiger partial charge is 0.445 e. The van der Waals surface area contributed by atoms with Crippen LogP contribution < -0.4 is 16.8 Å². The van der Waals surface area contributed by atoms with E-state index in [0.29, 0.717) is 0 Å². The number of aliphatic hydroxyl groups is 1. The Morgan fingerprint density at radius 3 is 2.56 bits per heavy atom. The van der Waals surface area contributed by atoms with E-state index in [1.54, 1.807) is 0 Å². The van der Waals surface area contributed by atoms with Crippen LogP contribution in [0.2, 0.25) is 0 Å². The highest BCUT2D eigenvalue weighted by atomic mass is 16.5. The second kappa shape index (κ2) is 7.97. The van der Waals surface area contributed by atoms with Gasteiger partial charge in [-0.1, -0.05) is 30.3 Å². The Kier molecular flexibility index (Phi) is 5.31. The molecule has 166 valence electrons. The summed E-state index contributed by atoms with van der Waals surface area (Å²) in [6.07, 6.45) is -2.20. The van der Waals surface area contributed by atoms with E-state index in [0.717, 1.165) is 5.56 Å². The zero-order valence-corrected chi connectivity index (χ0v) is 17.3. The third-order valence-corrected chi connectivity index (χ3v) is 5.79. The summed E-state index contributed by atoms with van der Waals surface area (Å²) >= 11 is 0. The maximum absolute atomic E-state index is 12.9. The minimum absolute atomic E-state index is 0.0116. The summed E-state index contributed by atoms with van der Waals surface area (Å²) in [5.74, 6) is -1.36. The average Bonchev–Trinajstić information content (AvgIpc) is 3.24. The number of amides is 2. The number of allylic oxidation sites excluding steroid dienone is 2. The number of aromatic nitrogens is 1. The van der Waals surface area contributed by atoms with Crippen LogP contribution in [0, 0.1) is 0 Å². The van der Waals surface area contributed by atoms with Gasteiger partial charge in [0.1, 0.15) is 18.4 Å². The molecule has 2 unspecified atom stereocenters. The first-order valence-electron chi connectivity index (χ1n) is 9.95. The van der Waals surface area contributed by atoms with Crippen LogP contribution >= 0.6 is 0 Å². The van der Waals surface area contributed by atoms with Crippen LogP contribution in [0.25, 0.3) is 0 Å². The van der Waals surface area contributed by atoms with E-state index in [1.807, 2.05) is 30.3 Å². The molecule has 32 heavy (non-hydrogen) atoms. The zero-order chi connectivity index (χ0) is 23.2. The topological polar surface area (TPSA) is 167 Å². The number of carbonyl (C=O) groups is 4. The molecule has 0 radical (unpaired) electrons. The number of fused-ring (bicyclic) bond motifs is 3. The molecular weight excluding hydrogens is 416 g/mol. The summed E-state index contributed by atoms with van der Waals surface area (Å²) < 4.78 is 6.36. The summed E-state index contributed by atoms with van der Waals surface area (Å²) in [7, 11) is 0. The van der Waals surface area contributed by atoms with E-state index < -0.39 is 36.4 Å². The lowest BCUT2D eigenvalue weighted by Gasteiger charge is -2.20. The van der Waals surface area contributed by atoms with Crippen LogP contribution in [0.3, 0.4) is 0 Å². The molecule has 10 nitrogen and oxygen atoms in total. The average molecular weight is 438 g/mol. The van der Waals surface area contributed by atoms with Gasteiger partial charge in [-0.15, -0.1) is 0 Å². The molecule has 0 bridgehead atoms. The van der Waals surface area contributed by atoms with E-state index in [1.165, 1.54) is 11.5 Å². The number of ether oxygens (including phenoxy) is 1. The third-order valence-electron chi connectivity index (χ3n) is 5.79. The molecule has 0 saturated carbocycles. The van der Waals surface area contributed by atoms with Crippen LogP contribution in [-0.2, 0) is 29.1 Å². The molecule has 6 N–H and O–H groups in total. The summed E-state index contributed by atoms with van der Waals surface area (Å²) in [6, 6.07) is 8.36. The molecule has 0 saturated heterocycles. The summed E-state index contributed by atoms with van der Waals surface area (Å²) in [5, 5.41) is 13.8. The molecule has 2 heterocycles. The normalized spacial score (nSPS) is 19.6. The minimum atomic E-state index is -1.24. The van der Waals surface area contributed by atoms with Crippen molar-refractivity contribution in [1.82, 2.24) is 9.88 Å². The summed E-state index contributed by atoms with van der Waals surface area (Å²) in [5.41, 5.74) is 12.0. The van der Waals surface area contributed by atoms with Gasteiger partial charge in [0.2, 0.25) is 17.5 Å². The van der Waals surface area contributed by atoms with Gasteiger partial charge in [-0.2, -0.15) is 0 Å². The van der Waals surface area contributed by atoms with Crippen molar-refractivity contribution in [3.63, 3.8) is 0 Å². The standard InChI is InChI=1S/C22H22N4O6/c1-10-16(23)21(30)15-12(9-32-22(24)31)17-20(29)13(8-26(17)18(15)19(10)28)25-14(27)7-11-5-3-2-4-6-11/h2-6,13,20,29H,7-9,23H2,1H3,(H2,24,31)(H,25,27). The Balaban J connectivity index is 1.67. The molecule has 1 aromatic heterocycles. The first kappa shape index (κ1) is 21.3. The first-order valence-corrected chi connectivity index (χ1v) is 9.95. The highest BCUT2D eigenvalue weighted by Crippen LogP contribution is 2.40. The lowest BCUT2D eigenvalue weighted by Crippen LogP contribution is -2.39. The van der Waals surface area contributed by atoms with Gasteiger partial charge in [0.25, 0.3) is 0 Å². The first-order chi connectivity index (χ1) is 15.2. The molecule has 0 fully saturated rings. The number of rotatable bonds is 5. The van der Waals surface area contributed by atoms with E-state index in [9.17, 15) is 24.3 Å². The van der Waals surface area contributed by atoms with Crippen LogP contribution in [0.1, 0.15) is 50.7 Å². The number of ketones is 2. The van der Waals surface area contributed by atoms with Crippen LogP contribution in [0.5, 0.6) is 0 Å².